The van der Waals surface area contributed by atoms with Crippen LogP contribution in [0.25, 0.3) is 0 Å². The molecule has 0 aliphatic heterocycles. The Morgan fingerprint density at radius 1 is 1.29 bits per heavy atom. The van der Waals surface area contributed by atoms with E-state index in [1.54, 1.807) is 7.11 Å². The van der Waals surface area contributed by atoms with Gasteiger partial charge in [0, 0.05) is 31.7 Å². The molecule has 0 radical (unpaired) electrons. The minimum absolute atomic E-state index is 0.445. The number of hydrogen-bond acceptors (Lipinski definition) is 3. The van der Waals surface area contributed by atoms with Crippen molar-refractivity contribution in [3.8, 4) is 0 Å². The molecule has 21 heavy (non-hydrogen) atoms. The summed E-state index contributed by atoms with van der Waals surface area (Å²) in [6.45, 7) is 4.59. The molecule has 0 heterocycles. The molecule has 3 rings (SSSR count). The smallest absolute Gasteiger partial charge is 0.0713 e. The first-order chi connectivity index (χ1) is 10.3. The molecule has 0 aromatic heterocycles. The highest BCUT2D eigenvalue weighted by molar-refractivity contribution is 5.23. The molecule has 116 valence electrons. The fourth-order valence-electron chi connectivity index (χ4n) is 3.96. The van der Waals surface area contributed by atoms with Crippen molar-refractivity contribution in [3.05, 3.63) is 35.4 Å². The highest BCUT2D eigenvalue weighted by Gasteiger charge is 2.58. The summed E-state index contributed by atoms with van der Waals surface area (Å²) in [5.41, 5.74) is 3.04. The summed E-state index contributed by atoms with van der Waals surface area (Å²) in [5.74, 6) is 0. The zero-order chi connectivity index (χ0) is 14.7. The Morgan fingerprint density at radius 2 is 2.10 bits per heavy atom. The summed E-state index contributed by atoms with van der Waals surface area (Å²) < 4.78 is 11.1. The van der Waals surface area contributed by atoms with Crippen molar-refractivity contribution >= 4 is 0 Å². The van der Waals surface area contributed by atoms with Gasteiger partial charge in [-0.2, -0.15) is 0 Å². The van der Waals surface area contributed by atoms with E-state index in [-0.39, 0.29) is 0 Å². The first kappa shape index (κ1) is 15.0. The first-order valence-electron chi connectivity index (χ1n) is 8.20. The second-order valence-corrected chi connectivity index (χ2v) is 6.45. The molecule has 3 nitrogen and oxygen atoms in total. The summed E-state index contributed by atoms with van der Waals surface area (Å²) in [7, 11) is 1.74. The van der Waals surface area contributed by atoms with Gasteiger partial charge in [0.1, 0.15) is 0 Å². The van der Waals surface area contributed by atoms with Crippen molar-refractivity contribution in [1.82, 2.24) is 5.32 Å². The Labute approximate surface area is 128 Å². The molecular formula is C18H27NO2. The van der Waals surface area contributed by atoms with Crippen LogP contribution in [0.1, 0.15) is 43.7 Å². The zero-order valence-electron chi connectivity index (χ0n) is 13.2. The molecule has 1 N–H and O–H groups in total. The van der Waals surface area contributed by atoms with Crippen molar-refractivity contribution in [1.29, 1.82) is 0 Å². The maximum atomic E-state index is 5.91. The van der Waals surface area contributed by atoms with Crippen LogP contribution in [0, 0.1) is 5.41 Å². The maximum Gasteiger partial charge on any atom is 0.0713 e. The van der Waals surface area contributed by atoms with E-state index in [9.17, 15) is 0 Å². The highest BCUT2D eigenvalue weighted by atomic mass is 16.5. The van der Waals surface area contributed by atoms with Gasteiger partial charge < -0.3 is 14.8 Å². The first-order valence-corrected chi connectivity index (χ1v) is 8.20. The summed E-state index contributed by atoms with van der Waals surface area (Å²) in [6, 6.07) is 9.30. The molecule has 2 fully saturated rings. The van der Waals surface area contributed by atoms with Gasteiger partial charge in [-0.3, -0.25) is 0 Å². The molecule has 0 saturated heterocycles. The van der Waals surface area contributed by atoms with E-state index in [2.05, 4.69) is 36.5 Å². The van der Waals surface area contributed by atoms with Crippen LogP contribution in [0.4, 0.5) is 0 Å². The minimum Gasteiger partial charge on any atom is -0.380 e. The van der Waals surface area contributed by atoms with Crippen LogP contribution < -0.4 is 5.32 Å². The molecule has 1 aromatic carbocycles. The van der Waals surface area contributed by atoms with Crippen molar-refractivity contribution < 1.29 is 9.47 Å². The van der Waals surface area contributed by atoms with Gasteiger partial charge in [-0.15, -0.1) is 0 Å². The SMILES string of the molecule is CCOC1CC(NCc2cccc(COC)c2)C12CCC2. The van der Waals surface area contributed by atoms with Gasteiger partial charge in [-0.05, 0) is 37.3 Å². The average Bonchev–Trinajstić information content (AvgIpc) is 2.41. The Morgan fingerprint density at radius 3 is 2.76 bits per heavy atom. The molecule has 2 unspecified atom stereocenters. The van der Waals surface area contributed by atoms with Crippen molar-refractivity contribution in [3.63, 3.8) is 0 Å². The Balaban J connectivity index is 1.55. The fourth-order valence-corrected chi connectivity index (χ4v) is 3.96. The number of hydrogen-bond donors (Lipinski definition) is 1. The third-order valence-corrected chi connectivity index (χ3v) is 5.29. The summed E-state index contributed by atoms with van der Waals surface area (Å²) in [6.07, 6.45) is 5.70. The topological polar surface area (TPSA) is 30.5 Å². The van der Waals surface area contributed by atoms with Crippen LogP contribution in [0.3, 0.4) is 0 Å². The number of ether oxygens (including phenoxy) is 2. The maximum absolute atomic E-state index is 5.91. The van der Waals surface area contributed by atoms with Crippen LogP contribution in [0.5, 0.6) is 0 Å². The predicted molar refractivity (Wildman–Crippen MR) is 84.1 cm³/mol. The van der Waals surface area contributed by atoms with E-state index < -0.39 is 0 Å². The molecule has 3 heteroatoms. The Bertz CT molecular complexity index is 470. The minimum atomic E-state index is 0.445. The van der Waals surface area contributed by atoms with Gasteiger partial charge in [0.05, 0.1) is 12.7 Å². The third kappa shape index (κ3) is 2.87. The molecule has 2 atom stereocenters. The summed E-state index contributed by atoms with van der Waals surface area (Å²) in [4.78, 5) is 0. The van der Waals surface area contributed by atoms with Crippen molar-refractivity contribution in [2.45, 2.75) is 57.9 Å². The van der Waals surface area contributed by atoms with Crippen LogP contribution in [0.15, 0.2) is 24.3 Å². The Hall–Kier alpha value is -0.900. The van der Waals surface area contributed by atoms with E-state index >= 15 is 0 Å². The fraction of sp³-hybridized carbons (Fsp3) is 0.667. The second kappa shape index (κ2) is 6.47. The van der Waals surface area contributed by atoms with Gasteiger partial charge in [0.2, 0.25) is 0 Å². The lowest BCUT2D eigenvalue weighted by atomic mass is 9.51. The van der Waals surface area contributed by atoms with Crippen LogP contribution in [-0.2, 0) is 22.6 Å². The average molecular weight is 289 g/mol. The quantitative estimate of drug-likeness (QED) is 0.835. The van der Waals surface area contributed by atoms with Crippen LogP contribution >= 0.6 is 0 Å². The van der Waals surface area contributed by atoms with Crippen LogP contribution in [0.2, 0.25) is 0 Å². The van der Waals surface area contributed by atoms with Gasteiger partial charge in [0.25, 0.3) is 0 Å². The lowest BCUT2D eigenvalue weighted by molar-refractivity contribution is -0.173. The lowest BCUT2D eigenvalue weighted by Crippen LogP contribution is -2.66. The molecule has 2 aliphatic rings. The standard InChI is InChI=1S/C18H27NO2/c1-3-21-17-11-16(18(17)8-5-9-18)19-12-14-6-4-7-15(10-14)13-20-2/h4,6-7,10,16-17,19H,3,5,8-9,11-13H2,1-2H3. The molecule has 1 spiro atoms. The van der Waals surface area contributed by atoms with Crippen LogP contribution in [-0.4, -0.2) is 25.9 Å². The van der Waals surface area contributed by atoms with E-state index in [0.29, 0.717) is 24.2 Å². The zero-order valence-corrected chi connectivity index (χ0v) is 13.2. The molecule has 2 saturated carbocycles. The Kier molecular flexibility index (Phi) is 4.63. The van der Waals surface area contributed by atoms with Gasteiger partial charge >= 0.3 is 0 Å². The molecule has 0 amide bonds. The largest absolute Gasteiger partial charge is 0.380 e. The summed E-state index contributed by atoms with van der Waals surface area (Å²) >= 11 is 0. The third-order valence-electron chi connectivity index (χ3n) is 5.29. The predicted octanol–water partition coefficient (Wildman–Crippen LogP) is 3.27. The number of rotatable bonds is 7. The van der Waals surface area contributed by atoms with Crippen molar-refractivity contribution in [2.24, 2.45) is 5.41 Å². The molecule has 0 bridgehead atoms. The second-order valence-electron chi connectivity index (χ2n) is 6.45. The van der Waals surface area contributed by atoms with E-state index in [4.69, 9.17) is 9.47 Å². The van der Waals surface area contributed by atoms with Gasteiger partial charge in [-0.25, -0.2) is 0 Å². The molecule has 2 aliphatic carbocycles. The number of nitrogens with one attached hydrogen (secondary N) is 1. The van der Waals surface area contributed by atoms with Gasteiger partial charge in [-0.1, -0.05) is 30.7 Å². The number of methoxy groups -OCH3 is 1. The molecule has 1 aromatic rings. The molecular weight excluding hydrogens is 262 g/mol. The van der Waals surface area contributed by atoms with E-state index in [1.165, 1.54) is 36.8 Å². The van der Waals surface area contributed by atoms with E-state index in [1.807, 2.05) is 0 Å². The lowest BCUT2D eigenvalue weighted by Gasteiger charge is -2.61. The van der Waals surface area contributed by atoms with E-state index in [0.717, 1.165) is 13.2 Å². The number of benzene rings is 1. The summed E-state index contributed by atoms with van der Waals surface area (Å²) in [5, 5.41) is 3.77. The highest BCUT2D eigenvalue weighted by Crippen LogP contribution is 2.57. The van der Waals surface area contributed by atoms with Gasteiger partial charge in [0.15, 0.2) is 0 Å². The normalized spacial score (nSPS) is 26.4. The van der Waals surface area contributed by atoms with Crippen molar-refractivity contribution in [2.75, 3.05) is 13.7 Å². The monoisotopic (exact) mass is 289 g/mol.